The molecule has 0 aromatic heterocycles. The van der Waals surface area contributed by atoms with Crippen LogP contribution in [0.15, 0.2) is 48.5 Å². The summed E-state index contributed by atoms with van der Waals surface area (Å²) >= 11 is 0. The molecule has 2 unspecified atom stereocenters. The first kappa shape index (κ1) is 19.2. The Hall–Kier alpha value is -2.77. The number of piperidine rings is 1. The van der Waals surface area contributed by atoms with Gasteiger partial charge in [-0.25, -0.2) is 4.79 Å². The smallest absolute Gasteiger partial charge is 0.410 e. The highest BCUT2D eigenvalue weighted by Crippen LogP contribution is 2.44. The number of morpholine rings is 1. The first-order valence-corrected chi connectivity index (χ1v) is 10.3. The van der Waals surface area contributed by atoms with Crippen molar-refractivity contribution in [2.24, 2.45) is 0 Å². The van der Waals surface area contributed by atoms with Crippen LogP contribution in [0.25, 0.3) is 0 Å². The SMILES string of the molecule is O=C(OCc1ccccc1)N1C2COCC1CC(O)(c1ccc3c(c1)OCCO3)C2. The van der Waals surface area contributed by atoms with E-state index >= 15 is 0 Å². The number of benzene rings is 2. The van der Waals surface area contributed by atoms with Gasteiger partial charge in [0.1, 0.15) is 19.8 Å². The Morgan fingerprint density at radius 1 is 1.03 bits per heavy atom. The Bertz CT molecular complexity index is 903. The average molecular weight is 411 g/mol. The van der Waals surface area contributed by atoms with E-state index in [1.807, 2.05) is 48.5 Å². The van der Waals surface area contributed by atoms with Crippen LogP contribution >= 0.6 is 0 Å². The van der Waals surface area contributed by atoms with Crippen LogP contribution in [-0.2, 0) is 21.7 Å². The van der Waals surface area contributed by atoms with Crippen molar-refractivity contribution in [3.8, 4) is 11.5 Å². The van der Waals surface area contributed by atoms with Crippen LogP contribution < -0.4 is 9.47 Å². The van der Waals surface area contributed by atoms with Gasteiger partial charge in [-0.3, -0.25) is 4.90 Å². The molecule has 3 heterocycles. The molecule has 2 saturated heterocycles. The van der Waals surface area contributed by atoms with Gasteiger partial charge in [-0.05, 0) is 23.3 Å². The van der Waals surface area contributed by atoms with E-state index in [-0.39, 0.29) is 24.8 Å². The standard InChI is InChI=1S/C23H25NO6/c25-22(30-13-16-4-2-1-3-5-16)24-18-11-23(26,12-19(24)15-27-14-18)17-6-7-20-21(10-17)29-9-8-28-20/h1-7,10,18-19,26H,8-9,11-15H2. The summed E-state index contributed by atoms with van der Waals surface area (Å²) < 4.78 is 22.5. The zero-order chi connectivity index (χ0) is 20.6. The molecule has 2 atom stereocenters. The number of carbonyl (C=O) groups excluding carboxylic acids is 1. The van der Waals surface area contributed by atoms with Crippen LogP contribution in [0.1, 0.15) is 24.0 Å². The lowest BCUT2D eigenvalue weighted by Gasteiger charge is -2.51. The maximum Gasteiger partial charge on any atom is 0.410 e. The van der Waals surface area contributed by atoms with Gasteiger partial charge in [0.2, 0.25) is 0 Å². The molecule has 5 rings (SSSR count). The molecule has 0 spiro atoms. The molecule has 0 aliphatic carbocycles. The van der Waals surface area contributed by atoms with Crippen molar-refractivity contribution in [1.82, 2.24) is 4.90 Å². The van der Waals surface area contributed by atoms with Crippen LogP contribution in [0.2, 0.25) is 0 Å². The van der Waals surface area contributed by atoms with Crippen LogP contribution in [0.3, 0.4) is 0 Å². The first-order valence-electron chi connectivity index (χ1n) is 10.3. The van der Waals surface area contributed by atoms with Gasteiger partial charge in [0.05, 0.1) is 30.9 Å². The Balaban J connectivity index is 1.32. The molecule has 2 aromatic carbocycles. The van der Waals surface area contributed by atoms with Gasteiger partial charge < -0.3 is 24.1 Å². The molecular weight excluding hydrogens is 386 g/mol. The van der Waals surface area contributed by atoms with Gasteiger partial charge >= 0.3 is 6.09 Å². The average Bonchev–Trinajstić information content (AvgIpc) is 2.77. The Kier molecular flexibility index (Phi) is 5.00. The second kappa shape index (κ2) is 7.81. The van der Waals surface area contributed by atoms with E-state index in [1.54, 1.807) is 4.90 Å². The summed E-state index contributed by atoms with van der Waals surface area (Å²) in [6.07, 6.45) is 0.397. The fraction of sp³-hybridized carbons (Fsp3) is 0.435. The lowest BCUT2D eigenvalue weighted by atomic mass is 9.77. The zero-order valence-electron chi connectivity index (χ0n) is 16.7. The van der Waals surface area contributed by atoms with Crippen LogP contribution in [0, 0.1) is 0 Å². The normalized spacial score (nSPS) is 27.4. The molecular formula is C23H25NO6. The zero-order valence-corrected chi connectivity index (χ0v) is 16.7. The monoisotopic (exact) mass is 411 g/mol. The first-order chi connectivity index (χ1) is 14.6. The van der Waals surface area contributed by atoms with Crippen LogP contribution in [0.4, 0.5) is 4.79 Å². The molecule has 158 valence electrons. The summed E-state index contributed by atoms with van der Waals surface area (Å²) in [5.74, 6) is 1.34. The van der Waals surface area contributed by atoms with E-state index in [9.17, 15) is 9.90 Å². The van der Waals surface area contributed by atoms with Crippen molar-refractivity contribution < 1.29 is 28.8 Å². The van der Waals surface area contributed by atoms with E-state index in [1.165, 1.54) is 0 Å². The third-order valence-electron chi connectivity index (χ3n) is 6.05. The summed E-state index contributed by atoms with van der Waals surface area (Å²) in [4.78, 5) is 14.6. The van der Waals surface area contributed by atoms with Crippen molar-refractivity contribution in [3.05, 3.63) is 59.7 Å². The third-order valence-corrected chi connectivity index (χ3v) is 6.05. The minimum Gasteiger partial charge on any atom is -0.486 e. The maximum absolute atomic E-state index is 12.9. The predicted octanol–water partition coefficient (Wildman–Crippen LogP) is 2.85. The molecule has 2 fully saturated rings. The predicted molar refractivity (Wildman–Crippen MR) is 107 cm³/mol. The highest BCUT2D eigenvalue weighted by Gasteiger charge is 2.49. The van der Waals surface area contributed by atoms with E-state index in [2.05, 4.69) is 0 Å². The van der Waals surface area contributed by atoms with E-state index < -0.39 is 5.60 Å². The minimum atomic E-state index is -1.06. The van der Waals surface area contributed by atoms with Gasteiger partial charge in [0.25, 0.3) is 0 Å². The Morgan fingerprint density at radius 2 is 1.73 bits per heavy atom. The molecule has 2 bridgehead atoms. The van der Waals surface area contributed by atoms with Crippen LogP contribution in [-0.4, -0.2) is 54.6 Å². The number of carbonyl (C=O) groups is 1. The summed E-state index contributed by atoms with van der Waals surface area (Å²) in [6, 6.07) is 14.7. The quantitative estimate of drug-likeness (QED) is 0.837. The summed E-state index contributed by atoms with van der Waals surface area (Å²) in [7, 11) is 0. The molecule has 0 saturated carbocycles. The molecule has 3 aliphatic heterocycles. The van der Waals surface area contributed by atoms with E-state index in [0.717, 1.165) is 11.1 Å². The minimum absolute atomic E-state index is 0.225. The molecule has 7 heteroatoms. The van der Waals surface area contributed by atoms with Crippen LogP contribution in [0.5, 0.6) is 11.5 Å². The molecule has 0 radical (unpaired) electrons. The maximum atomic E-state index is 12.9. The van der Waals surface area contributed by atoms with Gasteiger partial charge in [0, 0.05) is 12.8 Å². The lowest BCUT2D eigenvalue weighted by molar-refractivity contribution is -0.137. The number of hydrogen-bond donors (Lipinski definition) is 1. The number of hydrogen-bond acceptors (Lipinski definition) is 6. The van der Waals surface area contributed by atoms with Gasteiger partial charge in [0.15, 0.2) is 11.5 Å². The number of fused-ring (bicyclic) bond motifs is 3. The number of ether oxygens (including phenoxy) is 4. The van der Waals surface area contributed by atoms with Crippen molar-refractivity contribution in [1.29, 1.82) is 0 Å². The fourth-order valence-electron chi connectivity index (χ4n) is 4.64. The summed E-state index contributed by atoms with van der Waals surface area (Å²) in [5.41, 5.74) is 0.656. The van der Waals surface area contributed by atoms with Gasteiger partial charge in [-0.1, -0.05) is 36.4 Å². The van der Waals surface area contributed by atoms with E-state index in [4.69, 9.17) is 18.9 Å². The number of nitrogens with zero attached hydrogens (tertiary/aromatic N) is 1. The van der Waals surface area contributed by atoms with Crippen molar-refractivity contribution in [2.45, 2.75) is 37.1 Å². The van der Waals surface area contributed by atoms with E-state index in [0.29, 0.717) is 50.8 Å². The van der Waals surface area contributed by atoms with Crippen molar-refractivity contribution >= 4 is 6.09 Å². The van der Waals surface area contributed by atoms with Crippen molar-refractivity contribution in [3.63, 3.8) is 0 Å². The molecule has 7 nitrogen and oxygen atoms in total. The lowest BCUT2D eigenvalue weighted by Crippen LogP contribution is -2.62. The molecule has 30 heavy (non-hydrogen) atoms. The molecule has 3 aliphatic rings. The van der Waals surface area contributed by atoms with Gasteiger partial charge in [-0.2, -0.15) is 0 Å². The number of aliphatic hydroxyl groups is 1. The summed E-state index contributed by atoms with van der Waals surface area (Å²) in [5, 5.41) is 11.5. The highest BCUT2D eigenvalue weighted by molar-refractivity contribution is 5.69. The Morgan fingerprint density at radius 3 is 2.47 bits per heavy atom. The highest BCUT2D eigenvalue weighted by atomic mass is 16.6. The molecule has 2 aromatic rings. The van der Waals surface area contributed by atoms with Crippen molar-refractivity contribution in [2.75, 3.05) is 26.4 Å². The number of amides is 1. The second-order valence-electron chi connectivity index (χ2n) is 8.09. The third kappa shape index (κ3) is 3.59. The summed E-state index contributed by atoms with van der Waals surface area (Å²) in [6.45, 7) is 2.00. The second-order valence-corrected chi connectivity index (χ2v) is 8.09. The molecule has 1 N–H and O–H groups in total. The number of rotatable bonds is 3. The fourth-order valence-corrected chi connectivity index (χ4v) is 4.64. The Labute approximate surface area is 175 Å². The largest absolute Gasteiger partial charge is 0.486 e. The topological polar surface area (TPSA) is 77.5 Å². The van der Waals surface area contributed by atoms with Gasteiger partial charge in [-0.15, -0.1) is 0 Å². The molecule has 1 amide bonds.